The monoisotopic (exact) mass is 259 g/mol. The zero-order valence-corrected chi connectivity index (χ0v) is 11.6. The number of aromatic nitrogens is 2. The van der Waals surface area contributed by atoms with E-state index in [1.807, 2.05) is 0 Å². The normalized spacial score (nSPS) is 11.1. The van der Waals surface area contributed by atoms with E-state index in [9.17, 15) is 0 Å². The molecule has 1 heterocycles. The van der Waals surface area contributed by atoms with E-state index >= 15 is 0 Å². The minimum atomic E-state index is 0.680. The molecule has 19 heavy (non-hydrogen) atoms. The minimum Gasteiger partial charge on any atom is -0.340 e. The van der Waals surface area contributed by atoms with Crippen molar-refractivity contribution in [2.75, 3.05) is 6.54 Å². The van der Waals surface area contributed by atoms with Crippen LogP contribution >= 0.6 is 0 Å². The van der Waals surface area contributed by atoms with Crippen molar-refractivity contribution in [2.45, 2.75) is 33.2 Å². The molecule has 102 valence electrons. The Bertz CT molecular complexity index is 463. The molecule has 0 aliphatic carbocycles. The molecule has 0 amide bonds. The Morgan fingerprint density at radius 2 is 1.89 bits per heavy atom. The van der Waals surface area contributed by atoms with Crippen molar-refractivity contribution >= 4 is 0 Å². The highest BCUT2D eigenvalue weighted by molar-refractivity contribution is 5.22. The zero-order valence-electron chi connectivity index (χ0n) is 11.6. The third-order valence-corrected chi connectivity index (χ3v) is 2.92. The Morgan fingerprint density at radius 1 is 1.16 bits per heavy atom. The van der Waals surface area contributed by atoms with Crippen LogP contribution in [0.1, 0.15) is 30.9 Å². The smallest absolute Gasteiger partial charge is 0.227 e. The summed E-state index contributed by atoms with van der Waals surface area (Å²) in [6.45, 7) is 6.20. The van der Waals surface area contributed by atoms with Gasteiger partial charge in [-0.3, -0.25) is 0 Å². The van der Waals surface area contributed by atoms with E-state index in [2.05, 4.69) is 53.6 Å². The molecule has 2 aromatic rings. The molecule has 0 bridgehead atoms. The van der Waals surface area contributed by atoms with Crippen molar-refractivity contribution in [3.63, 3.8) is 0 Å². The maximum atomic E-state index is 4.94. The molecule has 1 N–H and O–H groups in total. The summed E-state index contributed by atoms with van der Waals surface area (Å²) in [5.41, 5.74) is 2.71. The summed E-state index contributed by atoms with van der Waals surface area (Å²) < 4.78 is 4.94. The fourth-order valence-corrected chi connectivity index (χ4v) is 2.00. The lowest BCUT2D eigenvalue weighted by molar-refractivity contribution is 0.375. The standard InChI is InChI=1S/C15H21N3O/c1-12(2)9-13-3-5-14(6-4-13)10-16-8-7-15-17-11-18-19-15/h3-6,11-12,16H,7-10H2,1-2H3. The molecule has 0 spiro atoms. The predicted octanol–water partition coefficient (Wildman–Crippen LogP) is 2.60. The second-order valence-corrected chi connectivity index (χ2v) is 5.18. The molecule has 0 unspecified atom stereocenters. The summed E-state index contributed by atoms with van der Waals surface area (Å²) in [6, 6.07) is 8.82. The Hall–Kier alpha value is -1.68. The molecule has 0 aliphatic rings. The number of nitrogens with one attached hydrogen (secondary N) is 1. The zero-order chi connectivity index (χ0) is 13.5. The number of hydrogen-bond acceptors (Lipinski definition) is 4. The summed E-state index contributed by atoms with van der Waals surface area (Å²) >= 11 is 0. The lowest BCUT2D eigenvalue weighted by Crippen LogP contribution is -2.16. The van der Waals surface area contributed by atoms with Gasteiger partial charge in [-0.25, -0.2) is 0 Å². The van der Waals surface area contributed by atoms with Gasteiger partial charge < -0.3 is 9.84 Å². The van der Waals surface area contributed by atoms with Gasteiger partial charge in [0.25, 0.3) is 0 Å². The van der Waals surface area contributed by atoms with Crippen molar-refractivity contribution in [1.82, 2.24) is 15.5 Å². The van der Waals surface area contributed by atoms with Crippen LogP contribution in [0.5, 0.6) is 0 Å². The second-order valence-electron chi connectivity index (χ2n) is 5.18. The Morgan fingerprint density at radius 3 is 2.53 bits per heavy atom. The summed E-state index contributed by atoms with van der Waals surface area (Å²) in [5.74, 6) is 1.39. The molecule has 0 radical (unpaired) electrons. The van der Waals surface area contributed by atoms with E-state index in [1.165, 1.54) is 17.5 Å². The van der Waals surface area contributed by atoms with E-state index in [1.54, 1.807) is 0 Å². The minimum absolute atomic E-state index is 0.680. The van der Waals surface area contributed by atoms with Crippen LogP contribution < -0.4 is 5.32 Å². The number of hydrogen-bond donors (Lipinski definition) is 1. The van der Waals surface area contributed by atoms with E-state index in [0.29, 0.717) is 11.8 Å². The summed E-state index contributed by atoms with van der Waals surface area (Å²) in [7, 11) is 0. The van der Waals surface area contributed by atoms with Gasteiger partial charge in [-0.05, 0) is 23.5 Å². The highest BCUT2D eigenvalue weighted by atomic mass is 16.5. The van der Waals surface area contributed by atoms with Gasteiger partial charge in [0.1, 0.15) is 0 Å². The maximum absolute atomic E-state index is 4.94. The largest absolute Gasteiger partial charge is 0.340 e. The Kier molecular flexibility index (Phi) is 5.10. The molecule has 0 atom stereocenters. The average Bonchev–Trinajstić information content (AvgIpc) is 2.89. The molecule has 1 aromatic heterocycles. The van der Waals surface area contributed by atoms with Crippen LogP contribution in [0.3, 0.4) is 0 Å². The Balaban J connectivity index is 1.71. The summed E-state index contributed by atoms with van der Waals surface area (Å²) in [4.78, 5) is 3.98. The quantitative estimate of drug-likeness (QED) is 0.777. The van der Waals surface area contributed by atoms with Crippen molar-refractivity contribution in [3.05, 3.63) is 47.6 Å². The number of benzene rings is 1. The summed E-state index contributed by atoms with van der Waals surface area (Å²) in [6.07, 6.45) is 3.35. The van der Waals surface area contributed by atoms with Gasteiger partial charge in [-0.1, -0.05) is 43.3 Å². The van der Waals surface area contributed by atoms with Crippen molar-refractivity contribution < 1.29 is 4.52 Å². The van der Waals surface area contributed by atoms with Crippen LogP contribution in [-0.4, -0.2) is 16.7 Å². The first-order valence-corrected chi connectivity index (χ1v) is 6.78. The van der Waals surface area contributed by atoms with E-state index in [0.717, 1.165) is 25.9 Å². The Labute approximate surface area is 114 Å². The number of rotatable bonds is 7. The van der Waals surface area contributed by atoms with Gasteiger partial charge in [-0.2, -0.15) is 4.98 Å². The van der Waals surface area contributed by atoms with E-state index in [4.69, 9.17) is 4.52 Å². The predicted molar refractivity (Wildman–Crippen MR) is 74.7 cm³/mol. The molecule has 0 fully saturated rings. The molecule has 0 saturated carbocycles. The SMILES string of the molecule is CC(C)Cc1ccc(CNCCc2ncno2)cc1. The maximum Gasteiger partial charge on any atom is 0.227 e. The molecular formula is C15H21N3O. The molecule has 4 nitrogen and oxygen atoms in total. The topological polar surface area (TPSA) is 51.0 Å². The van der Waals surface area contributed by atoms with Gasteiger partial charge in [0.2, 0.25) is 5.89 Å². The van der Waals surface area contributed by atoms with Crippen molar-refractivity contribution in [2.24, 2.45) is 5.92 Å². The molecular weight excluding hydrogens is 238 g/mol. The van der Waals surface area contributed by atoms with E-state index in [-0.39, 0.29) is 0 Å². The second kappa shape index (κ2) is 7.04. The van der Waals surface area contributed by atoms with Crippen LogP contribution in [0, 0.1) is 5.92 Å². The molecule has 4 heteroatoms. The highest BCUT2D eigenvalue weighted by Crippen LogP contribution is 2.09. The van der Waals surface area contributed by atoms with Crippen LogP contribution in [-0.2, 0) is 19.4 Å². The van der Waals surface area contributed by atoms with Crippen LogP contribution in [0.15, 0.2) is 35.1 Å². The van der Waals surface area contributed by atoms with Gasteiger partial charge in [-0.15, -0.1) is 0 Å². The van der Waals surface area contributed by atoms with Gasteiger partial charge >= 0.3 is 0 Å². The molecule has 0 saturated heterocycles. The number of nitrogens with zero attached hydrogens (tertiary/aromatic N) is 2. The summed E-state index contributed by atoms with van der Waals surface area (Å²) in [5, 5.41) is 6.95. The third kappa shape index (κ3) is 4.83. The van der Waals surface area contributed by atoms with Crippen LogP contribution in [0.4, 0.5) is 0 Å². The van der Waals surface area contributed by atoms with Crippen molar-refractivity contribution in [1.29, 1.82) is 0 Å². The van der Waals surface area contributed by atoms with Crippen molar-refractivity contribution in [3.8, 4) is 0 Å². The average molecular weight is 259 g/mol. The van der Waals surface area contributed by atoms with Gasteiger partial charge in [0.15, 0.2) is 6.33 Å². The third-order valence-electron chi connectivity index (χ3n) is 2.92. The molecule has 0 aliphatic heterocycles. The van der Waals surface area contributed by atoms with Crippen LogP contribution in [0.2, 0.25) is 0 Å². The molecule has 1 aromatic carbocycles. The first-order chi connectivity index (χ1) is 9.24. The lowest BCUT2D eigenvalue weighted by Gasteiger charge is -2.07. The lowest BCUT2D eigenvalue weighted by atomic mass is 10.0. The fourth-order valence-electron chi connectivity index (χ4n) is 2.00. The van der Waals surface area contributed by atoms with E-state index < -0.39 is 0 Å². The fraction of sp³-hybridized carbons (Fsp3) is 0.467. The van der Waals surface area contributed by atoms with Crippen LogP contribution in [0.25, 0.3) is 0 Å². The highest BCUT2D eigenvalue weighted by Gasteiger charge is 2.00. The van der Waals surface area contributed by atoms with Gasteiger partial charge in [0.05, 0.1) is 0 Å². The van der Waals surface area contributed by atoms with Gasteiger partial charge in [0, 0.05) is 19.5 Å². The first kappa shape index (κ1) is 13.7. The first-order valence-electron chi connectivity index (χ1n) is 6.78. The molecule has 2 rings (SSSR count).